The number of fused-ring (bicyclic) bond motifs is 8. The van der Waals surface area contributed by atoms with E-state index >= 15 is 0 Å². The molecule has 2 aliphatic rings. The quantitative estimate of drug-likeness (QED) is 0.235. The molecule has 1 atom stereocenters. The summed E-state index contributed by atoms with van der Waals surface area (Å²) in [5.41, 5.74) is 12.2. The van der Waals surface area contributed by atoms with Crippen LogP contribution in [0.25, 0.3) is 34.2 Å². The van der Waals surface area contributed by atoms with Crippen molar-refractivity contribution in [2.45, 2.75) is 12.3 Å². The third-order valence-electron chi connectivity index (χ3n) is 7.40. The number of furan rings is 1. The van der Waals surface area contributed by atoms with E-state index in [-0.39, 0.29) is 5.41 Å². The fourth-order valence-electron chi connectivity index (χ4n) is 6.09. The van der Waals surface area contributed by atoms with Crippen LogP contribution in [0, 0.1) is 6.92 Å². The second-order valence-corrected chi connectivity index (χ2v) is 9.97. The molecule has 5 aromatic rings. The van der Waals surface area contributed by atoms with E-state index in [1.165, 1.54) is 44.5 Å². The first-order chi connectivity index (χ1) is 16.7. The van der Waals surface area contributed by atoms with Gasteiger partial charge in [-0.3, -0.25) is 0 Å². The van der Waals surface area contributed by atoms with Crippen LogP contribution in [0.5, 0.6) is 0 Å². The van der Waals surface area contributed by atoms with Gasteiger partial charge in [0.2, 0.25) is 0 Å². The third kappa shape index (κ3) is 2.49. The average molecular weight is 501 g/mol. The molecule has 0 amide bonds. The van der Waals surface area contributed by atoms with Crippen molar-refractivity contribution in [1.82, 2.24) is 0 Å². The Morgan fingerprint density at radius 1 is 0.794 bits per heavy atom. The zero-order chi connectivity index (χ0) is 22.9. The topological polar surface area (TPSA) is 13.1 Å². The predicted molar refractivity (Wildman–Crippen MR) is 144 cm³/mol. The van der Waals surface area contributed by atoms with E-state index < -0.39 is 0 Å². The maximum atomic E-state index is 5.81. The first-order valence-corrected chi connectivity index (χ1v) is 12.3. The van der Waals surface area contributed by atoms with Gasteiger partial charge < -0.3 is 4.42 Å². The fraction of sp³-hybridized carbons (Fsp3) is 0.0625. The highest BCUT2D eigenvalue weighted by molar-refractivity contribution is 9.10. The van der Waals surface area contributed by atoms with Crippen LogP contribution < -0.4 is 0 Å². The minimum absolute atomic E-state index is 0.341. The second kappa shape index (κ2) is 7.19. The first-order valence-electron chi connectivity index (χ1n) is 11.5. The van der Waals surface area contributed by atoms with E-state index in [1.54, 1.807) is 0 Å². The minimum atomic E-state index is -0.341. The van der Waals surface area contributed by atoms with Crippen LogP contribution in [-0.2, 0) is 5.41 Å². The van der Waals surface area contributed by atoms with Crippen molar-refractivity contribution in [2.75, 3.05) is 0 Å². The summed E-state index contributed by atoms with van der Waals surface area (Å²) in [6.45, 7) is 2.24. The summed E-state index contributed by atoms with van der Waals surface area (Å²) in [6, 6.07) is 30.4. The normalized spacial score (nSPS) is 17.9. The highest BCUT2D eigenvalue weighted by Crippen LogP contribution is 2.62. The lowest BCUT2D eigenvalue weighted by atomic mass is 9.68. The Bertz CT molecular complexity index is 1680. The molecule has 1 aromatic heterocycles. The molecule has 1 heterocycles. The van der Waals surface area contributed by atoms with Crippen LogP contribution in [-0.4, -0.2) is 0 Å². The van der Waals surface area contributed by atoms with Crippen LogP contribution in [0.1, 0.15) is 33.4 Å². The molecule has 0 fully saturated rings. The van der Waals surface area contributed by atoms with Gasteiger partial charge in [-0.25, -0.2) is 0 Å². The molecule has 2 aliphatic carbocycles. The Hall–Kier alpha value is -3.62. The van der Waals surface area contributed by atoms with Crippen molar-refractivity contribution in [3.63, 3.8) is 0 Å². The molecule has 0 saturated heterocycles. The van der Waals surface area contributed by atoms with E-state index in [1.807, 2.05) is 18.4 Å². The smallest absolute Gasteiger partial charge is 0.134 e. The predicted octanol–water partition coefficient (Wildman–Crippen LogP) is 8.93. The molecule has 1 unspecified atom stereocenters. The summed E-state index contributed by atoms with van der Waals surface area (Å²) in [5, 5.41) is 1.13. The number of halogens is 1. The number of rotatable bonds is 2. The molecule has 0 N–H and O–H groups in total. The SMILES string of the molecule is Cc1cccc2c1C1(C(C=Cc3coc4ccccc34)=C2)c2ccccc2-c2c(Br)cccc21. The van der Waals surface area contributed by atoms with Gasteiger partial charge in [-0.1, -0.05) is 101 Å². The summed E-state index contributed by atoms with van der Waals surface area (Å²) in [7, 11) is 0. The van der Waals surface area contributed by atoms with Gasteiger partial charge in [0, 0.05) is 21.0 Å². The molecular weight excluding hydrogens is 480 g/mol. The Kier molecular flexibility index (Phi) is 4.19. The Morgan fingerprint density at radius 2 is 1.59 bits per heavy atom. The monoisotopic (exact) mass is 500 g/mol. The molecule has 162 valence electrons. The molecule has 1 nitrogen and oxygen atoms in total. The highest BCUT2D eigenvalue weighted by Gasteiger charge is 2.51. The fourth-order valence-corrected chi connectivity index (χ4v) is 6.67. The molecular formula is C32H21BrO. The molecule has 0 saturated carbocycles. The Morgan fingerprint density at radius 3 is 2.53 bits per heavy atom. The van der Waals surface area contributed by atoms with Gasteiger partial charge in [0.1, 0.15) is 5.58 Å². The lowest BCUT2D eigenvalue weighted by Crippen LogP contribution is -2.27. The van der Waals surface area contributed by atoms with Crippen molar-refractivity contribution in [3.05, 3.63) is 141 Å². The van der Waals surface area contributed by atoms with E-state index in [9.17, 15) is 0 Å². The molecule has 0 aliphatic heterocycles. The maximum Gasteiger partial charge on any atom is 0.134 e. The molecule has 4 aromatic carbocycles. The van der Waals surface area contributed by atoms with E-state index in [2.05, 4.69) is 114 Å². The zero-order valence-corrected chi connectivity index (χ0v) is 20.3. The lowest BCUT2D eigenvalue weighted by Gasteiger charge is -2.32. The van der Waals surface area contributed by atoms with Gasteiger partial charge in [0.15, 0.2) is 0 Å². The largest absolute Gasteiger partial charge is 0.464 e. The van der Waals surface area contributed by atoms with E-state index in [0.717, 1.165) is 21.0 Å². The number of hydrogen-bond acceptors (Lipinski definition) is 1. The van der Waals surface area contributed by atoms with Gasteiger partial charge in [-0.05, 0) is 64.1 Å². The summed E-state index contributed by atoms with van der Waals surface area (Å²) >= 11 is 3.87. The second-order valence-electron chi connectivity index (χ2n) is 9.12. The van der Waals surface area contributed by atoms with Gasteiger partial charge in [-0.15, -0.1) is 0 Å². The van der Waals surface area contributed by atoms with Crippen molar-refractivity contribution in [1.29, 1.82) is 0 Å². The summed E-state index contributed by atoms with van der Waals surface area (Å²) in [4.78, 5) is 0. The van der Waals surface area contributed by atoms with Gasteiger partial charge in [-0.2, -0.15) is 0 Å². The van der Waals surface area contributed by atoms with Crippen molar-refractivity contribution in [3.8, 4) is 11.1 Å². The first kappa shape index (κ1) is 19.8. The molecule has 34 heavy (non-hydrogen) atoms. The van der Waals surface area contributed by atoms with Crippen molar-refractivity contribution >= 4 is 39.1 Å². The van der Waals surface area contributed by atoms with E-state index in [4.69, 9.17) is 4.42 Å². The number of benzene rings is 4. The van der Waals surface area contributed by atoms with Crippen molar-refractivity contribution in [2.24, 2.45) is 0 Å². The maximum absolute atomic E-state index is 5.81. The Balaban J connectivity index is 1.53. The number of hydrogen-bond donors (Lipinski definition) is 0. The van der Waals surface area contributed by atoms with Crippen LogP contribution in [0.4, 0.5) is 0 Å². The van der Waals surface area contributed by atoms with Gasteiger partial charge >= 0.3 is 0 Å². The Labute approximate surface area is 207 Å². The zero-order valence-electron chi connectivity index (χ0n) is 18.7. The van der Waals surface area contributed by atoms with E-state index in [0.29, 0.717) is 0 Å². The van der Waals surface area contributed by atoms with Gasteiger partial charge in [0.05, 0.1) is 11.7 Å². The van der Waals surface area contributed by atoms with Gasteiger partial charge in [0.25, 0.3) is 0 Å². The summed E-state index contributed by atoms with van der Waals surface area (Å²) in [6.07, 6.45) is 8.73. The molecule has 2 heteroatoms. The van der Waals surface area contributed by atoms with Crippen LogP contribution in [0.15, 0.2) is 112 Å². The average Bonchev–Trinajstić information content (AvgIpc) is 3.51. The summed E-state index contributed by atoms with van der Waals surface area (Å²) in [5.74, 6) is 0. The van der Waals surface area contributed by atoms with Crippen molar-refractivity contribution < 1.29 is 4.42 Å². The highest BCUT2D eigenvalue weighted by atomic mass is 79.9. The molecule has 0 radical (unpaired) electrons. The minimum Gasteiger partial charge on any atom is -0.464 e. The van der Waals surface area contributed by atoms with Crippen LogP contribution in [0.3, 0.4) is 0 Å². The standard InChI is InChI=1S/C32H21BrO/c1-20-8-6-9-21-18-23(17-16-22-19-34-29-15-5-3-10-24(22)29)32(31(20)21)26-12-4-2-11-25(26)30-27(32)13-7-14-28(30)33/h2-19H,1H3. The number of para-hydroxylation sites is 1. The van der Waals surface area contributed by atoms with Crippen LogP contribution in [0.2, 0.25) is 0 Å². The molecule has 0 bridgehead atoms. The summed E-state index contributed by atoms with van der Waals surface area (Å²) < 4.78 is 6.95. The number of allylic oxidation sites excluding steroid dienone is 2. The molecule has 7 rings (SSSR count). The third-order valence-corrected chi connectivity index (χ3v) is 8.06. The molecule has 1 spiro atoms. The number of aryl methyl sites for hydroxylation is 1. The van der Waals surface area contributed by atoms with Crippen LogP contribution >= 0.6 is 15.9 Å². The lowest BCUT2D eigenvalue weighted by molar-refractivity contribution is 0.615.